The van der Waals surface area contributed by atoms with E-state index in [4.69, 9.17) is 9.72 Å². The summed E-state index contributed by atoms with van der Waals surface area (Å²) >= 11 is 1.62. The molecule has 0 saturated carbocycles. The minimum Gasteiger partial charge on any atom is -0.391 e. The summed E-state index contributed by atoms with van der Waals surface area (Å²) in [5.74, 6) is 0.593. The number of aliphatic hydroxyl groups is 1. The molecule has 2 heterocycles. The van der Waals surface area contributed by atoms with Gasteiger partial charge in [0.25, 0.3) is 0 Å². The molecule has 20 heavy (non-hydrogen) atoms. The lowest BCUT2D eigenvalue weighted by molar-refractivity contribution is 0.0498. The number of hydrogen-bond acceptors (Lipinski definition) is 5. The molecule has 5 heteroatoms. The number of aromatic nitrogens is 1. The van der Waals surface area contributed by atoms with E-state index in [1.165, 1.54) is 0 Å². The van der Waals surface area contributed by atoms with Gasteiger partial charge in [-0.2, -0.15) is 0 Å². The molecule has 1 aliphatic rings. The molecule has 2 atom stereocenters. The van der Waals surface area contributed by atoms with Gasteiger partial charge in [-0.05, 0) is 12.3 Å². The smallest absolute Gasteiger partial charge is 0.185 e. The number of methoxy groups -OCH3 is 1. The van der Waals surface area contributed by atoms with Gasteiger partial charge < -0.3 is 14.7 Å². The Balaban J connectivity index is 2.23. The number of aliphatic hydroxyl groups excluding tert-OH is 1. The Morgan fingerprint density at radius 1 is 1.45 bits per heavy atom. The van der Waals surface area contributed by atoms with Crippen molar-refractivity contribution in [3.8, 4) is 0 Å². The summed E-state index contributed by atoms with van der Waals surface area (Å²) in [6, 6.07) is 0. The van der Waals surface area contributed by atoms with E-state index in [1.807, 2.05) is 0 Å². The van der Waals surface area contributed by atoms with Crippen molar-refractivity contribution in [2.45, 2.75) is 52.2 Å². The molecule has 1 fully saturated rings. The van der Waals surface area contributed by atoms with Crippen LogP contribution in [-0.2, 0) is 16.8 Å². The number of nitrogens with zero attached hydrogens (tertiary/aromatic N) is 2. The zero-order valence-corrected chi connectivity index (χ0v) is 14.0. The molecule has 4 nitrogen and oxygen atoms in total. The van der Waals surface area contributed by atoms with Crippen LogP contribution in [0, 0.1) is 5.92 Å². The predicted octanol–water partition coefficient (Wildman–Crippen LogP) is 2.79. The standard InChI is InChI=1S/C15H26N2O2S/c1-10-6-7-17(8-11(10)19-5)14-16-13(15(2,3)4)12(9-18)20-14/h10-11,18H,6-9H2,1-5H3. The van der Waals surface area contributed by atoms with Crippen LogP contribution in [0.3, 0.4) is 0 Å². The molecule has 1 aromatic heterocycles. The van der Waals surface area contributed by atoms with E-state index >= 15 is 0 Å². The first kappa shape index (κ1) is 15.7. The summed E-state index contributed by atoms with van der Waals surface area (Å²) < 4.78 is 5.57. The number of ether oxygens (including phenoxy) is 1. The van der Waals surface area contributed by atoms with Gasteiger partial charge in [-0.25, -0.2) is 4.98 Å². The Kier molecular flexibility index (Phi) is 4.72. The third-order valence-corrected chi connectivity index (χ3v) is 5.10. The topological polar surface area (TPSA) is 45.6 Å². The van der Waals surface area contributed by atoms with E-state index in [0.29, 0.717) is 5.92 Å². The monoisotopic (exact) mass is 298 g/mol. The second-order valence-electron chi connectivity index (χ2n) is 6.66. The quantitative estimate of drug-likeness (QED) is 0.932. The normalized spacial score (nSPS) is 24.2. The van der Waals surface area contributed by atoms with Crippen LogP contribution in [0.1, 0.15) is 44.7 Å². The van der Waals surface area contributed by atoms with Crippen LogP contribution in [0.15, 0.2) is 0 Å². The summed E-state index contributed by atoms with van der Waals surface area (Å²) in [6.07, 6.45) is 1.39. The number of piperidine rings is 1. The number of thiazole rings is 1. The summed E-state index contributed by atoms with van der Waals surface area (Å²) in [5, 5.41) is 10.6. The Morgan fingerprint density at radius 2 is 2.15 bits per heavy atom. The Morgan fingerprint density at radius 3 is 2.65 bits per heavy atom. The molecule has 0 aliphatic carbocycles. The summed E-state index contributed by atoms with van der Waals surface area (Å²) in [5.41, 5.74) is 0.990. The third-order valence-electron chi connectivity index (χ3n) is 4.00. The van der Waals surface area contributed by atoms with E-state index in [-0.39, 0.29) is 18.1 Å². The second-order valence-corrected chi connectivity index (χ2v) is 7.72. The second kappa shape index (κ2) is 6.00. The minimum absolute atomic E-state index is 0.0312. The lowest BCUT2D eigenvalue weighted by Gasteiger charge is -2.36. The van der Waals surface area contributed by atoms with Crippen molar-refractivity contribution in [1.29, 1.82) is 0 Å². The van der Waals surface area contributed by atoms with Crippen molar-refractivity contribution < 1.29 is 9.84 Å². The van der Waals surface area contributed by atoms with E-state index < -0.39 is 0 Å². The van der Waals surface area contributed by atoms with Crippen LogP contribution in [0.5, 0.6) is 0 Å². The average molecular weight is 298 g/mol. The molecule has 1 N–H and O–H groups in total. The highest BCUT2D eigenvalue weighted by Crippen LogP contribution is 2.35. The van der Waals surface area contributed by atoms with Gasteiger partial charge in [0, 0.05) is 25.6 Å². The van der Waals surface area contributed by atoms with Crippen molar-refractivity contribution in [2.75, 3.05) is 25.1 Å². The van der Waals surface area contributed by atoms with Gasteiger partial charge >= 0.3 is 0 Å². The molecular formula is C15H26N2O2S. The van der Waals surface area contributed by atoms with Crippen molar-refractivity contribution in [2.24, 2.45) is 5.92 Å². The SMILES string of the molecule is COC1CN(c2nc(C(C)(C)C)c(CO)s2)CCC1C. The molecule has 1 aliphatic heterocycles. The molecule has 0 aromatic carbocycles. The van der Waals surface area contributed by atoms with Gasteiger partial charge in [0.2, 0.25) is 0 Å². The van der Waals surface area contributed by atoms with E-state index in [1.54, 1.807) is 18.4 Å². The molecule has 114 valence electrons. The summed E-state index contributed by atoms with van der Waals surface area (Å²) in [7, 11) is 1.78. The van der Waals surface area contributed by atoms with Crippen molar-refractivity contribution in [3.63, 3.8) is 0 Å². The van der Waals surface area contributed by atoms with Crippen LogP contribution in [0.4, 0.5) is 5.13 Å². The predicted molar refractivity (Wildman–Crippen MR) is 83.5 cm³/mol. The van der Waals surface area contributed by atoms with Crippen LogP contribution in [0.2, 0.25) is 0 Å². The zero-order chi connectivity index (χ0) is 14.9. The molecule has 2 unspecified atom stereocenters. The molecule has 2 rings (SSSR count). The lowest BCUT2D eigenvalue weighted by atomic mass is 9.91. The molecule has 0 spiro atoms. The average Bonchev–Trinajstić information content (AvgIpc) is 2.83. The Hall–Kier alpha value is -0.650. The fraction of sp³-hybridized carbons (Fsp3) is 0.800. The fourth-order valence-corrected chi connectivity index (χ4v) is 3.85. The van der Waals surface area contributed by atoms with Crippen LogP contribution in [-0.4, -0.2) is 36.4 Å². The van der Waals surface area contributed by atoms with Crippen molar-refractivity contribution in [3.05, 3.63) is 10.6 Å². The van der Waals surface area contributed by atoms with E-state index in [2.05, 4.69) is 32.6 Å². The maximum Gasteiger partial charge on any atom is 0.185 e. The summed E-state index contributed by atoms with van der Waals surface area (Å²) in [6.45, 7) is 10.6. The highest BCUT2D eigenvalue weighted by molar-refractivity contribution is 7.15. The molecule has 0 bridgehead atoms. The largest absolute Gasteiger partial charge is 0.391 e. The molecular weight excluding hydrogens is 272 g/mol. The number of anilines is 1. The fourth-order valence-electron chi connectivity index (χ4n) is 2.68. The van der Waals surface area contributed by atoms with Crippen molar-refractivity contribution in [1.82, 2.24) is 4.98 Å². The lowest BCUT2D eigenvalue weighted by Crippen LogP contribution is -2.43. The first-order chi connectivity index (χ1) is 9.36. The first-order valence-corrected chi connectivity index (χ1v) is 8.07. The van der Waals surface area contributed by atoms with E-state index in [9.17, 15) is 5.11 Å². The maximum absolute atomic E-state index is 9.56. The van der Waals surface area contributed by atoms with Crippen molar-refractivity contribution >= 4 is 16.5 Å². The number of hydrogen-bond donors (Lipinski definition) is 1. The molecule has 0 amide bonds. The number of rotatable bonds is 3. The van der Waals surface area contributed by atoms with Gasteiger partial charge in [-0.1, -0.05) is 39.0 Å². The van der Waals surface area contributed by atoms with Gasteiger partial charge in [0.1, 0.15) is 0 Å². The van der Waals surface area contributed by atoms with Crippen LogP contribution in [0.25, 0.3) is 0 Å². The van der Waals surface area contributed by atoms with Crippen LogP contribution < -0.4 is 4.90 Å². The summed E-state index contributed by atoms with van der Waals surface area (Å²) in [4.78, 5) is 8.08. The maximum atomic E-state index is 9.56. The first-order valence-electron chi connectivity index (χ1n) is 7.25. The third kappa shape index (κ3) is 3.15. The van der Waals surface area contributed by atoms with E-state index in [0.717, 1.165) is 35.2 Å². The Labute approximate surface area is 125 Å². The Bertz CT molecular complexity index is 453. The van der Waals surface area contributed by atoms with Gasteiger partial charge in [-0.15, -0.1) is 0 Å². The highest BCUT2D eigenvalue weighted by atomic mass is 32.1. The van der Waals surface area contributed by atoms with Gasteiger partial charge in [0.15, 0.2) is 5.13 Å². The molecule has 0 radical (unpaired) electrons. The molecule has 1 saturated heterocycles. The zero-order valence-electron chi connectivity index (χ0n) is 13.1. The molecule has 1 aromatic rings. The minimum atomic E-state index is -0.0312. The van der Waals surface area contributed by atoms with Crippen LogP contribution >= 0.6 is 11.3 Å². The van der Waals surface area contributed by atoms with Gasteiger partial charge in [-0.3, -0.25) is 0 Å². The van der Waals surface area contributed by atoms with Gasteiger partial charge in [0.05, 0.1) is 23.3 Å². The highest BCUT2D eigenvalue weighted by Gasteiger charge is 2.30.